The summed E-state index contributed by atoms with van der Waals surface area (Å²) in [5.74, 6) is 0.159. The van der Waals surface area contributed by atoms with Crippen molar-refractivity contribution in [2.24, 2.45) is 5.73 Å². The third-order valence-electron chi connectivity index (χ3n) is 1.90. The molecule has 1 fully saturated rings. The number of nitrogens with two attached hydrogens (primary N) is 1. The summed E-state index contributed by atoms with van der Waals surface area (Å²) >= 11 is 0. The van der Waals surface area contributed by atoms with Crippen LogP contribution in [0, 0.1) is 0 Å². The maximum atomic E-state index is 11.2. The van der Waals surface area contributed by atoms with E-state index in [1.54, 1.807) is 12.1 Å². The number of hydrogen-bond acceptors (Lipinski definition) is 3. The van der Waals surface area contributed by atoms with E-state index in [1.807, 2.05) is 0 Å². The van der Waals surface area contributed by atoms with Crippen molar-refractivity contribution in [1.82, 2.24) is 5.32 Å². The molecule has 2 atom stereocenters. The number of carbonyl (C=O) groups is 1. The summed E-state index contributed by atoms with van der Waals surface area (Å²) < 4.78 is 4.91. The van der Waals surface area contributed by atoms with E-state index in [2.05, 4.69) is 5.32 Å². The number of hydrogen-bond donors (Lipinski definition) is 2. The smallest absolute Gasteiger partial charge is 0.287 e. The number of rotatable bonds is 2. The predicted molar refractivity (Wildman–Crippen MR) is 42.6 cm³/mol. The molecule has 0 bridgehead atoms. The fourth-order valence-electron chi connectivity index (χ4n) is 1.03. The van der Waals surface area contributed by atoms with Crippen molar-refractivity contribution in [3.8, 4) is 0 Å². The van der Waals surface area contributed by atoms with Gasteiger partial charge < -0.3 is 15.5 Å². The molecule has 4 heteroatoms. The van der Waals surface area contributed by atoms with Gasteiger partial charge in [0, 0.05) is 12.1 Å². The quantitative estimate of drug-likeness (QED) is 0.655. The Kier molecular flexibility index (Phi) is 1.62. The fourth-order valence-corrected chi connectivity index (χ4v) is 1.03. The normalized spacial score (nSPS) is 26.8. The van der Waals surface area contributed by atoms with Gasteiger partial charge in [-0.25, -0.2) is 0 Å². The molecule has 1 heterocycles. The van der Waals surface area contributed by atoms with Crippen LogP contribution in [-0.2, 0) is 0 Å². The van der Waals surface area contributed by atoms with Crippen LogP contribution in [0.1, 0.15) is 17.0 Å². The summed E-state index contributed by atoms with van der Waals surface area (Å²) in [4.78, 5) is 11.2. The Bertz CT molecular complexity index is 281. The predicted octanol–water partition coefficient (Wildman–Crippen LogP) is 0.109. The number of furan rings is 1. The van der Waals surface area contributed by atoms with Crippen LogP contribution < -0.4 is 11.1 Å². The molecule has 1 aromatic rings. The van der Waals surface area contributed by atoms with Crippen LogP contribution in [0.5, 0.6) is 0 Å². The average molecular weight is 166 g/mol. The highest BCUT2D eigenvalue weighted by Gasteiger charge is 2.35. The molecule has 4 nitrogen and oxygen atoms in total. The molecule has 3 N–H and O–H groups in total. The van der Waals surface area contributed by atoms with Crippen molar-refractivity contribution in [2.75, 3.05) is 0 Å². The first-order valence-electron chi connectivity index (χ1n) is 3.87. The highest BCUT2D eigenvalue weighted by atomic mass is 16.3. The Morgan fingerprint density at radius 2 is 2.50 bits per heavy atom. The first-order valence-corrected chi connectivity index (χ1v) is 3.87. The monoisotopic (exact) mass is 166 g/mol. The summed E-state index contributed by atoms with van der Waals surface area (Å²) in [5.41, 5.74) is 5.52. The van der Waals surface area contributed by atoms with E-state index in [4.69, 9.17) is 10.2 Å². The second-order valence-corrected chi connectivity index (χ2v) is 2.96. The first-order chi connectivity index (χ1) is 5.77. The largest absolute Gasteiger partial charge is 0.459 e. The molecule has 2 rings (SSSR count). The third-order valence-corrected chi connectivity index (χ3v) is 1.90. The third kappa shape index (κ3) is 1.33. The van der Waals surface area contributed by atoms with Crippen molar-refractivity contribution < 1.29 is 9.21 Å². The van der Waals surface area contributed by atoms with E-state index < -0.39 is 0 Å². The molecule has 2 unspecified atom stereocenters. The van der Waals surface area contributed by atoms with Crippen molar-refractivity contribution in [3.63, 3.8) is 0 Å². The Hall–Kier alpha value is -1.29. The molecule has 1 aliphatic rings. The van der Waals surface area contributed by atoms with Crippen LogP contribution in [0.25, 0.3) is 0 Å². The van der Waals surface area contributed by atoms with E-state index in [0.29, 0.717) is 5.76 Å². The molecule has 64 valence electrons. The summed E-state index contributed by atoms with van der Waals surface area (Å²) in [5, 5.41) is 2.75. The van der Waals surface area contributed by atoms with Crippen molar-refractivity contribution in [2.45, 2.75) is 18.5 Å². The van der Waals surface area contributed by atoms with Gasteiger partial charge in [0.2, 0.25) is 0 Å². The van der Waals surface area contributed by atoms with E-state index in [0.717, 1.165) is 6.42 Å². The van der Waals surface area contributed by atoms with Crippen molar-refractivity contribution in [1.29, 1.82) is 0 Å². The minimum atomic E-state index is -0.182. The second-order valence-electron chi connectivity index (χ2n) is 2.96. The summed E-state index contributed by atoms with van der Waals surface area (Å²) in [6.45, 7) is 0. The maximum absolute atomic E-state index is 11.2. The van der Waals surface area contributed by atoms with E-state index in [9.17, 15) is 4.79 Å². The molecule has 0 saturated heterocycles. The van der Waals surface area contributed by atoms with E-state index >= 15 is 0 Å². The van der Waals surface area contributed by atoms with Crippen molar-refractivity contribution >= 4 is 5.91 Å². The van der Waals surface area contributed by atoms with Crippen LogP contribution in [0.15, 0.2) is 22.8 Å². The SMILES string of the molecule is NC1CC1NC(=O)c1ccco1. The average Bonchev–Trinajstić information content (AvgIpc) is 2.58. The number of amides is 1. The van der Waals surface area contributed by atoms with Gasteiger partial charge >= 0.3 is 0 Å². The standard InChI is InChI=1S/C8H10N2O2/c9-5-4-6(5)10-8(11)7-2-1-3-12-7/h1-3,5-6H,4,9H2,(H,10,11). The lowest BCUT2D eigenvalue weighted by atomic mass is 10.4. The molecule has 0 aliphatic heterocycles. The van der Waals surface area contributed by atoms with E-state index in [1.165, 1.54) is 6.26 Å². The van der Waals surface area contributed by atoms with Gasteiger partial charge in [0.1, 0.15) is 0 Å². The Morgan fingerprint density at radius 1 is 1.75 bits per heavy atom. The van der Waals surface area contributed by atoms with Gasteiger partial charge in [-0.1, -0.05) is 0 Å². The van der Waals surface area contributed by atoms with Crippen LogP contribution in [-0.4, -0.2) is 18.0 Å². The zero-order valence-electron chi connectivity index (χ0n) is 6.49. The zero-order chi connectivity index (χ0) is 8.55. The minimum absolute atomic E-state index is 0.129. The highest BCUT2D eigenvalue weighted by molar-refractivity contribution is 5.91. The Balaban J connectivity index is 1.93. The van der Waals surface area contributed by atoms with Crippen LogP contribution in [0.2, 0.25) is 0 Å². The molecule has 12 heavy (non-hydrogen) atoms. The lowest BCUT2D eigenvalue weighted by Crippen LogP contribution is -2.29. The van der Waals surface area contributed by atoms with Gasteiger partial charge in [-0.3, -0.25) is 4.79 Å². The molecule has 1 aliphatic carbocycles. The van der Waals surface area contributed by atoms with E-state index in [-0.39, 0.29) is 18.0 Å². The molecule has 1 saturated carbocycles. The van der Waals surface area contributed by atoms with Gasteiger partial charge in [0.15, 0.2) is 5.76 Å². The number of carbonyl (C=O) groups excluding carboxylic acids is 1. The summed E-state index contributed by atoms with van der Waals surface area (Å²) in [7, 11) is 0. The molecular weight excluding hydrogens is 156 g/mol. The van der Waals surface area contributed by atoms with Crippen LogP contribution in [0.4, 0.5) is 0 Å². The summed E-state index contributed by atoms with van der Waals surface area (Å²) in [6.07, 6.45) is 2.34. The van der Waals surface area contributed by atoms with Crippen molar-refractivity contribution in [3.05, 3.63) is 24.2 Å². The molecule has 1 aromatic heterocycles. The Morgan fingerprint density at radius 3 is 3.00 bits per heavy atom. The van der Waals surface area contributed by atoms with Crippen LogP contribution >= 0.6 is 0 Å². The van der Waals surface area contributed by atoms with Gasteiger partial charge in [-0.2, -0.15) is 0 Å². The zero-order valence-corrected chi connectivity index (χ0v) is 6.49. The highest BCUT2D eigenvalue weighted by Crippen LogP contribution is 2.18. The lowest BCUT2D eigenvalue weighted by molar-refractivity contribution is 0.0922. The molecule has 0 aromatic carbocycles. The van der Waals surface area contributed by atoms with Gasteiger partial charge in [0.05, 0.1) is 6.26 Å². The number of nitrogens with one attached hydrogen (secondary N) is 1. The maximum Gasteiger partial charge on any atom is 0.287 e. The molecule has 0 radical (unpaired) electrons. The molecule has 1 amide bonds. The van der Waals surface area contributed by atoms with Gasteiger partial charge in [-0.05, 0) is 18.6 Å². The molecule has 0 spiro atoms. The second kappa shape index (κ2) is 2.64. The minimum Gasteiger partial charge on any atom is -0.459 e. The van der Waals surface area contributed by atoms with Gasteiger partial charge in [0.25, 0.3) is 5.91 Å². The fraction of sp³-hybridized carbons (Fsp3) is 0.375. The molecular formula is C8H10N2O2. The summed E-state index contributed by atoms with van der Waals surface area (Å²) in [6, 6.07) is 3.58. The Labute approximate surface area is 69.7 Å². The van der Waals surface area contributed by atoms with Crippen LogP contribution in [0.3, 0.4) is 0 Å². The van der Waals surface area contributed by atoms with Gasteiger partial charge in [-0.15, -0.1) is 0 Å². The first kappa shape index (κ1) is 7.36. The topological polar surface area (TPSA) is 68.3 Å². The lowest BCUT2D eigenvalue weighted by Gasteiger charge is -1.98.